The maximum absolute atomic E-state index is 6.00. The van der Waals surface area contributed by atoms with Crippen LogP contribution in [-0.4, -0.2) is 23.3 Å². The third-order valence-corrected chi connectivity index (χ3v) is 4.58. The maximum atomic E-state index is 6.00. The third kappa shape index (κ3) is 2.61. The van der Waals surface area contributed by atoms with Crippen LogP contribution in [0.5, 0.6) is 0 Å². The van der Waals surface area contributed by atoms with Crippen LogP contribution in [-0.2, 0) is 0 Å². The number of anilines is 1. The Morgan fingerprint density at radius 1 is 1.11 bits per heavy atom. The molecule has 0 N–H and O–H groups in total. The highest BCUT2D eigenvalue weighted by atomic mass is 35.5. The summed E-state index contributed by atoms with van der Waals surface area (Å²) in [4.78, 5) is 2.35. The summed E-state index contributed by atoms with van der Waals surface area (Å²) in [5, 5.41) is 8.84. The van der Waals surface area contributed by atoms with Gasteiger partial charge in [0.2, 0.25) is 0 Å². The van der Waals surface area contributed by atoms with Crippen molar-refractivity contribution < 1.29 is 0 Å². The van der Waals surface area contributed by atoms with Gasteiger partial charge >= 0.3 is 0 Å². The van der Waals surface area contributed by atoms with Gasteiger partial charge in [-0.1, -0.05) is 25.4 Å². The molecule has 0 bridgehead atoms. The van der Waals surface area contributed by atoms with Crippen LogP contribution >= 0.6 is 11.6 Å². The van der Waals surface area contributed by atoms with Crippen LogP contribution in [0.4, 0.5) is 5.82 Å². The van der Waals surface area contributed by atoms with Gasteiger partial charge in [-0.25, -0.2) is 0 Å². The number of rotatable bonds is 2. The van der Waals surface area contributed by atoms with Gasteiger partial charge in [-0.15, -0.1) is 10.2 Å². The molecule has 4 heteroatoms. The van der Waals surface area contributed by atoms with Gasteiger partial charge < -0.3 is 4.90 Å². The molecule has 18 heavy (non-hydrogen) atoms. The fourth-order valence-corrected chi connectivity index (χ4v) is 2.82. The lowest BCUT2D eigenvalue weighted by molar-refractivity contribution is 0.310. The summed E-state index contributed by atoms with van der Waals surface area (Å²) >= 11 is 6.00. The Morgan fingerprint density at radius 3 is 2.28 bits per heavy atom. The molecule has 0 spiro atoms. The molecule has 1 aliphatic rings. The first kappa shape index (κ1) is 13.6. The van der Waals surface area contributed by atoms with Crippen LogP contribution in [0.2, 0.25) is 5.15 Å². The molecular formula is C14H22ClN3. The van der Waals surface area contributed by atoms with E-state index in [0.717, 1.165) is 41.9 Å². The van der Waals surface area contributed by atoms with Crippen LogP contribution < -0.4 is 4.90 Å². The Morgan fingerprint density at radius 2 is 1.72 bits per heavy atom. The van der Waals surface area contributed by atoms with E-state index in [0.29, 0.717) is 5.15 Å². The summed E-state index contributed by atoms with van der Waals surface area (Å²) in [6.07, 6.45) is 2.50. The van der Waals surface area contributed by atoms with Gasteiger partial charge in [-0.2, -0.15) is 0 Å². The number of nitrogens with zero attached hydrogens (tertiary/aromatic N) is 3. The van der Waals surface area contributed by atoms with Crippen molar-refractivity contribution in [2.45, 2.75) is 40.5 Å². The second-order valence-corrected chi connectivity index (χ2v) is 5.99. The lowest BCUT2D eigenvalue weighted by Gasteiger charge is -2.35. The van der Waals surface area contributed by atoms with Crippen molar-refractivity contribution in [2.24, 2.45) is 11.8 Å². The van der Waals surface area contributed by atoms with E-state index in [4.69, 9.17) is 11.6 Å². The molecule has 1 aromatic rings. The molecule has 0 aliphatic carbocycles. The van der Waals surface area contributed by atoms with Gasteiger partial charge in [0.15, 0.2) is 11.0 Å². The molecule has 1 saturated heterocycles. The van der Waals surface area contributed by atoms with E-state index >= 15 is 0 Å². The molecule has 0 unspecified atom stereocenters. The topological polar surface area (TPSA) is 29.0 Å². The zero-order valence-electron chi connectivity index (χ0n) is 11.7. The fraction of sp³-hybridized carbons (Fsp3) is 0.714. The van der Waals surface area contributed by atoms with Crippen LogP contribution in [0, 0.1) is 25.7 Å². The average Bonchev–Trinajstić information content (AvgIpc) is 2.36. The monoisotopic (exact) mass is 267 g/mol. The molecule has 2 heterocycles. The van der Waals surface area contributed by atoms with Crippen molar-refractivity contribution in [3.63, 3.8) is 0 Å². The molecule has 1 aromatic heterocycles. The first-order chi connectivity index (χ1) is 8.50. The van der Waals surface area contributed by atoms with Crippen LogP contribution in [0.3, 0.4) is 0 Å². The first-order valence-corrected chi connectivity index (χ1v) is 7.12. The van der Waals surface area contributed by atoms with E-state index in [1.807, 2.05) is 6.92 Å². The Hall–Kier alpha value is -0.830. The lowest BCUT2D eigenvalue weighted by atomic mass is 9.86. The second kappa shape index (κ2) is 5.43. The zero-order chi connectivity index (χ0) is 13.3. The van der Waals surface area contributed by atoms with E-state index < -0.39 is 0 Å². The van der Waals surface area contributed by atoms with Crippen LogP contribution in [0.15, 0.2) is 0 Å². The molecule has 0 saturated carbocycles. The van der Waals surface area contributed by atoms with Gasteiger partial charge in [0.25, 0.3) is 0 Å². The molecule has 100 valence electrons. The minimum absolute atomic E-state index is 0.522. The fourth-order valence-electron chi connectivity index (χ4n) is 2.64. The number of hydrogen-bond acceptors (Lipinski definition) is 3. The molecule has 3 nitrogen and oxygen atoms in total. The van der Waals surface area contributed by atoms with Gasteiger partial charge in [-0.05, 0) is 49.7 Å². The molecule has 0 atom stereocenters. The minimum atomic E-state index is 0.522. The summed E-state index contributed by atoms with van der Waals surface area (Å²) in [7, 11) is 0. The van der Waals surface area contributed by atoms with Crippen molar-refractivity contribution in [1.82, 2.24) is 10.2 Å². The van der Waals surface area contributed by atoms with Gasteiger partial charge in [0, 0.05) is 13.1 Å². The lowest BCUT2D eigenvalue weighted by Crippen LogP contribution is -2.36. The highest BCUT2D eigenvalue weighted by Crippen LogP contribution is 2.30. The van der Waals surface area contributed by atoms with Crippen molar-refractivity contribution in [3.05, 3.63) is 16.3 Å². The zero-order valence-corrected chi connectivity index (χ0v) is 12.5. The first-order valence-electron chi connectivity index (χ1n) is 6.75. The van der Waals surface area contributed by atoms with Crippen LogP contribution in [0.1, 0.15) is 37.8 Å². The standard InChI is InChI=1S/C14H22ClN3/c1-9(2)12-5-7-18(8-6-12)14-11(4)10(3)13(15)16-17-14/h9,12H,5-8H2,1-4H3. The summed E-state index contributed by atoms with van der Waals surface area (Å²) in [6, 6.07) is 0. The smallest absolute Gasteiger partial charge is 0.155 e. The molecule has 0 aromatic carbocycles. The summed E-state index contributed by atoms with van der Waals surface area (Å²) in [5.41, 5.74) is 2.21. The van der Waals surface area contributed by atoms with Gasteiger partial charge in [0.05, 0.1) is 0 Å². The Balaban J connectivity index is 2.13. The van der Waals surface area contributed by atoms with Crippen molar-refractivity contribution >= 4 is 17.4 Å². The number of aromatic nitrogens is 2. The molecular weight excluding hydrogens is 246 g/mol. The van der Waals surface area contributed by atoms with Crippen LogP contribution in [0.25, 0.3) is 0 Å². The molecule has 1 fully saturated rings. The molecule has 2 rings (SSSR count). The SMILES string of the molecule is Cc1c(Cl)nnc(N2CCC(C(C)C)CC2)c1C. The molecule has 0 amide bonds. The Kier molecular flexibility index (Phi) is 4.10. The summed E-state index contributed by atoms with van der Waals surface area (Å²) < 4.78 is 0. The van der Waals surface area contributed by atoms with E-state index in [-0.39, 0.29) is 0 Å². The number of piperidine rings is 1. The van der Waals surface area contributed by atoms with Gasteiger partial charge in [0.1, 0.15) is 0 Å². The van der Waals surface area contributed by atoms with E-state index in [2.05, 4.69) is 35.9 Å². The van der Waals surface area contributed by atoms with Crippen molar-refractivity contribution in [3.8, 4) is 0 Å². The predicted molar refractivity (Wildman–Crippen MR) is 76.3 cm³/mol. The van der Waals surface area contributed by atoms with Crippen molar-refractivity contribution in [1.29, 1.82) is 0 Å². The largest absolute Gasteiger partial charge is 0.355 e. The van der Waals surface area contributed by atoms with E-state index in [1.54, 1.807) is 0 Å². The Bertz CT molecular complexity index is 423. The molecule has 1 aliphatic heterocycles. The van der Waals surface area contributed by atoms with Gasteiger partial charge in [-0.3, -0.25) is 0 Å². The van der Waals surface area contributed by atoms with E-state index in [1.165, 1.54) is 12.8 Å². The predicted octanol–water partition coefficient (Wildman–Crippen LogP) is 3.62. The van der Waals surface area contributed by atoms with E-state index in [9.17, 15) is 0 Å². The Labute approximate surface area is 115 Å². The molecule has 0 radical (unpaired) electrons. The second-order valence-electron chi connectivity index (χ2n) is 5.63. The summed E-state index contributed by atoms with van der Waals surface area (Å²) in [5.74, 6) is 2.65. The number of hydrogen-bond donors (Lipinski definition) is 0. The minimum Gasteiger partial charge on any atom is -0.355 e. The quantitative estimate of drug-likeness (QED) is 0.820. The van der Waals surface area contributed by atoms with Crippen molar-refractivity contribution in [2.75, 3.05) is 18.0 Å². The average molecular weight is 268 g/mol. The highest BCUT2D eigenvalue weighted by Gasteiger charge is 2.24. The maximum Gasteiger partial charge on any atom is 0.155 e. The third-order valence-electron chi connectivity index (χ3n) is 4.22. The number of halogens is 1. The summed E-state index contributed by atoms with van der Waals surface area (Å²) in [6.45, 7) is 10.9. The highest BCUT2D eigenvalue weighted by molar-refractivity contribution is 6.30. The normalized spacial score (nSPS) is 17.6.